The van der Waals surface area contributed by atoms with Crippen LogP contribution in [0.4, 0.5) is 21.6 Å². The zero-order valence-corrected chi connectivity index (χ0v) is 11.7. The van der Waals surface area contributed by atoms with Crippen molar-refractivity contribution in [3.63, 3.8) is 0 Å². The highest BCUT2D eigenvalue weighted by molar-refractivity contribution is 6.31. The number of carboxylic acid groups (broad SMARTS) is 1. The van der Waals surface area contributed by atoms with E-state index in [0.29, 0.717) is 16.8 Å². The largest absolute Gasteiger partial charge is 0.476 e. The van der Waals surface area contributed by atoms with Crippen LogP contribution in [0.5, 0.6) is 0 Å². The molecule has 0 saturated carbocycles. The molecule has 0 atom stereocenters. The van der Waals surface area contributed by atoms with E-state index in [0.717, 1.165) is 0 Å². The highest BCUT2D eigenvalue weighted by Gasteiger charge is 2.19. The molecule has 0 unspecified atom stereocenters. The third-order valence-electron chi connectivity index (χ3n) is 3.02. The van der Waals surface area contributed by atoms with Crippen molar-refractivity contribution in [3.8, 4) is 0 Å². The van der Waals surface area contributed by atoms with Crippen LogP contribution in [0.1, 0.15) is 10.5 Å². The lowest BCUT2D eigenvalue weighted by Gasteiger charge is -2.06. The summed E-state index contributed by atoms with van der Waals surface area (Å²) < 4.78 is 18.5. The number of nitrogens with one attached hydrogen (secondary N) is 1. The van der Waals surface area contributed by atoms with Crippen molar-refractivity contribution in [3.05, 3.63) is 47.0 Å². The second-order valence-corrected chi connectivity index (χ2v) is 4.84. The monoisotopic (exact) mass is 321 g/mol. The van der Waals surface area contributed by atoms with E-state index in [4.69, 9.17) is 26.9 Å². The van der Waals surface area contributed by atoms with Crippen molar-refractivity contribution < 1.29 is 18.7 Å². The molecule has 0 aliphatic heterocycles. The molecule has 0 fully saturated rings. The van der Waals surface area contributed by atoms with Gasteiger partial charge in [-0.25, -0.2) is 14.2 Å². The van der Waals surface area contributed by atoms with Crippen molar-refractivity contribution in [2.45, 2.75) is 0 Å². The van der Waals surface area contributed by atoms with E-state index in [2.05, 4.69) is 10.3 Å². The number of hydrogen-bond acceptors (Lipinski definition) is 5. The Balaban J connectivity index is 2.11. The van der Waals surface area contributed by atoms with Gasteiger partial charge in [-0.3, -0.25) is 0 Å². The summed E-state index contributed by atoms with van der Waals surface area (Å²) in [5, 5.41) is 12.4. The van der Waals surface area contributed by atoms with E-state index >= 15 is 0 Å². The first kappa shape index (κ1) is 14.2. The summed E-state index contributed by atoms with van der Waals surface area (Å²) >= 11 is 5.72. The minimum absolute atomic E-state index is 0.00838. The van der Waals surface area contributed by atoms with Gasteiger partial charge in [-0.15, -0.1) is 0 Å². The Bertz CT molecular complexity index is 894. The van der Waals surface area contributed by atoms with E-state index < -0.39 is 11.8 Å². The summed E-state index contributed by atoms with van der Waals surface area (Å²) in [5.41, 5.74) is 6.44. The van der Waals surface area contributed by atoms with Gasteiger partial charge in [0, 0.05) is 11.9 Å². The van der Waals surface area contributed by atoms with E-state index in [9.17, 15) is 9.18 Å². The molecule has 0 radical (unpaired) electrons. The Morgan fingerprint density at radius 3 is 2.86 bits per heavy atom. The number of fused-ring (bicyclic) bond motifs is 1. The number of hydrogen-bond donors (Lipinski definition) is 3. The van der Waals surface area contributed by atoms with Gasteiger partial charge in [-0.2, -0.15) is 0 Å². The van der Waals surface area contributed by atoms with Gasteiger partial charge >= 0.3 is 5.97 Å². The van der Waals surface area contributed by atoms with Gasteiger partial charge in [0.25, 0.3) is 0 Å². The number of aromatic carboxylic acids is 1. The third-order valence-corrected chi connectivity index (χ3v) is 3.31. The second-order valence-electron chi connectivity index (χ2n) is 4.44. The zero-order chi connectivity index (χ0) is 15.9. The third kappa shape index (κ3) is 2.31. The first-order valence-electron chi connectivity index (χ1n) is 6.09. The van der Waals surface area contributed by atoms with Crippen LogP contribution < -0.4 is 11.1 Å². The van der Waals surface area contributed by atoms with Crippen LogP contribution in [0, 0.1) is 5.82 Å². The molecule has 22 heavy (non-hydrogen) atoms. The molecule has 2 heterocycles. The Kier molecular flexibility index (Phi) is 3.34. The Morgan fingerprint density at radius 2 is 2.18 bits per heavy atom. The molecule has 0 aliphatic carbocycles. The Labute approximate surface area is 128 Å². The lowest BCUT2D eigenvalue weighted by molar-refractivity contribution is 0.0691. The molecular formula is C14H9ClFN3O3. The highest BCUT2D eigenvalue weighted by atomic mass is 35.5. The molecule has 4 N–H and O–H groups in total. The first-order chi connectivity index (χ1) is 10.5. The number of furan rings is 1. The molecule has 6 nitrogen and oxygen atoms in total. The number of nitrogens with zero attached hydrogens (tertiary/aromatic N) is 1. The number of halogens is 2. The van der Waals surface area contributed by atoms with Crippen molar-refractivity contribution in [2.75, 3.05) is 11.1 Å². The lowest BCUT2D eigenvalue weighted by atomic mass is 10.2. The number of pyridine rings is 1. The van der Waals surface area contributed by atoms with Crippen LogP contribution in [0.25, 0.3) is 11.0 Å². The molecule has 112 valence electrons. The average molecular weight is 322 g/mol. The average Bonchev–Trinajstić information content (AvgIpc) is 2.79. The second kappa shape index (κ2) is 5.19. The van der Waals surface area contributed by atoms with Gasteiger partial charge in [0.05, 0.1) is 10.4 Å². The van der Waals surface area contributed by atoms with Gasteiger partial charge in [0.1, 0.15) is 11.5 Å². The molecule has 0 saturated heterocycles. The fourth-order valence-electron chi connectivity index (χ4n) is 2.04. The standard InChI is InChI=1S/C14H9ClFN3O3/c15-8-5-6(1-2-9(8)16)19-10-7-3-4-18-11(14(20)21)12(7)22-13(10)17/h1-5,19H,17H2,(H,20,21). The molecule has 1 aromatic carbocycles. The lowest BCUT2D eigenvalue weighted by Crippen LogP contribution is -1.99. The van der Waals surface area contributed by atoms with E-state index in [1.54, 1.807) is 6.07 Å². The van der Waals surface area contributed by atoms with Crippen molar-refractivity contribution >= 4 is 45.8 Å². The van der Waals surface area contributed by atoms with Gasteiger partial charge in [0.15, 0.2) is 11.3 Å². The number of benzene rings is 1. The van der Waals surface area contributed by atoms with Crippen molar-refractivity contribution in [2.24, 2.45) is 0 Å². The molecule has 0 aliphatic rings. The molecule has 0 bridgehead atoms. The molecule has 8 heteroatoms. The Morgan fingerprint density at radius 1 is 1.41 bits per heavy atom. The molecule has 0 spiro atoms. The summed E-state index contributed by atoms with van der Waals surface area (Å²) in [4.78, 5) is 14.9. The fourth-order valence-corrected chi connectivity index (χ4v) is 2.22. The van der Waals surface area contributed by atoms with Crippen LogP contribution in [-0.4, -0.2) is 16.1 Å². The predicted molar refractivity (Wildman–Crippen MR) is 80.1 cm³/mol. The molecule has 2 aromatic heterocycles. The predicted octanol–water partition coefficient (Wildman–Crippen LogP) is 3.64. The number of carboxylic acids is 1. The maximum Gasteiger partial charge on any atom is 0.358 e. The zero-order valence-electron chi connectivity index (χ0n) is 10.9. The van der Waals surface area contributed by atoms with E-state index in [-0.39, 0.29) is 22.2 Å². The van der Waals surface area contributed by atoms with Crippen LogP contribution in [0.3, 0.4) is 0 Å². The maximum absolute atomic E-state index is 13.2. The summed E-state index contributed by atoms with van der Waals surface area (Å²) in [7, 11) is 0. The van der Waals surface area contributed by atoms with Crippen LogP contribution >= 0.6 is 11.6 Å². The quantitative estimate of drug-likeness (QED) is 0.680. The summed E-state index contributed by atoms with van der Waals surface area (Å²) in [6.07, 6.45) is 1.34. The van der Waals surface area contributed by atoms with E-state index in [1.165, 1.54) is 24.4 Å². The minimum atomic E-state index is -1.23. The fraction of sp³-hybridized carbons (Fsp3) is 0. The maximum atomic E-state index is 13.2. The number of anilines is 3. The minimum Gasteiger partial charge on any atom is -0.476 e. The number of carbonyl (C=O) groups is 1. The van der Waals surface area contributed by atoms with Crippen molar-refractivity contribution in [1.82, 2.24) is 4.98 Å². The van der Waals surface area contributed by atoms with Gasteiger partial charge < -0.3 is 20.6 Å². The number of aromatic nitrogens is 1. The Hall–Kier alpha value is -2.80. The first-order valence-corrected chi connectivity index (χ1v) is 6.47. The molecular weight excluding hydrogens is 313 g/mol. The van der Waals surface area contributed by atoms with Crippen molar-refractivity contribution in [1.29, 1.82) is 0 Å². The molecule has 0 amide bonds. The number of nitrogen functional groups attached to an aromatic ring is 1. The van der Waals surface area contributed by atoms with E-state index in [1.807, 2.05) is 0 Å². The van der Waals surface area contributed by atoms with Crippen LogP contribution in [-0.2, 0) is 0 Å². The van der Waals surface area contributed by atoms with Gasteiger partial charge in [0.2, 0.25) is 5.88 Å². The topological polar surface area (TPSA) is 101 Å². The summed E-state index contributed by atoms with van der Waals surface area (Å²) in [5.74, 6) is -1.78. The summed E-state index contributed by atoms with van der Waals surface area (Å²) in [6.45, 7) is 0. The highest BCUT2D eigenvalue weighted by Crippen LogP contribution is 2.36. The van der Waals surface area contributed by atoms with Crippen LogP contribution in [0.15, 0.2) is 34.9 Å². The molecule has 3 rings (SSSR count). The SMILES string of the molecule is Nc1oc2c(C(=O)O)nccc2c1Nc1ccc(F)c(Cl)c1. The smallest absolute Gasteiger partial charge is 0.358 e. The molecule has 3 aromatic rings. The number of rotatable bonds is 3. The van der Waals surface area contributed by atoms with Gasteiger partial charge in [-0.05, 0) is 24.3 Å². The number of nitrogens with two attached hydrogens (primary N) is 1. The normalized spacial score (nSPS) is 10.8. The summed E-state index contributed by atoms with van der Waals surface area (Å²) in [6, 6.07) is 5.62. The van der Waals surface area contributed by atoms with Crippen LogP contribution in [0.2, 0.25) is 5.02 Å². The van der Waals surface area contributed by atoms with Gasteiger partial charge in [-0.1, -0.05) is 11.6 Å².